The fourth-order valence-electron chi connectivity index (χ4n) is 2.25. The smallest absolute Gasteiger partial charge is 0.426 e. The minimum atomic E-state index is -0.658. The summed E-state index contributed by atoms with van der Waals surface area (Å²) in [6.45, 7) is 5.31. The molecule has 1 aliphatic carbocycles. The molecular weight excluding hydrogens is 288 g/mol. The second-order valence-electron chi connectivity index (χ2n) is 6.20. The SMILES string of the molecule is CC(C)(C)OC(=O)NNC(=O)c1cc2c(s1)CCCCC2. The van der Waals surface area contributed by atoms with Crippen LogP contribution in [0.2, 0.25) is 0 Å². The molecule has 0 bridgehead atoms. The Morgan fingerprint density at radius 1 is 1.14 bits per heavy atom. The summed E-state index contributed by atoms with van der Waals surface area (Å²) in [5.41, 5.74) is 5.36. The van der Waals surface area contributed by atoms with Crippen molar-refractivity contribution in [3.05, 3.63) is 21.4 Å². The van der Waals surface area contributed by atoms with E-state index >= 15 is 0 Å². The van der Waals surface area contributed by atoms with Crippen LogP contribution in [0.15, 0.2) is 6.07 Å². The molecule has 0 spiro atoms. The highest BCUT2D eigenvalue weighted by Gasteiger charge is 2.19. The highest BCUT2D eigenvalue weighted by atomic mass is 32.1. The first-order chi connectivity index (χ1) is 9.85. The topological polar surface area (TPSA) is 67.4 Å². The fraction of sp³-hybridized carbons (Fsp3) is 0.600. The van der Waals surface area contributed by atoms with E-state index in [2.05, 4.69) is 10.9 Å². The molecule has 0 radical (unpaired) electrons. The van der Waals surface area contributed by atoms with Gasteiger partial charge in [0.25, 0.3) is 5.91 Å². The van der Waals surface area contributed by atoms with Gasteiger partial charge in [-0.15, -0.1) is 11.3 Å². The van der Waals surface area contributed by atoms with Crippen LogP contribution >= 0.6 is 11.3 Å². The third-order valence-corrected chi connectivity index (χ3v) is 4.38. The Hall–Kier alpha value is -1.56. The van der Waals surface area contributed by atoms with Crippen molar-refractivity contribution in [2.24, 2.45) is 0 Å². The van der Waals surface area contributed by atoms with Crippen molar-refractivity contribution in [1.82, 2.24) is 10.9 Å². The molecule has 0 atom stereocenters. The molecule has 1 aromatic rings. The number of ether oxygens (including phenoxy) is 1. The van der Waals surface area contributed by atoms with Crippen molar-refractivity contribution in [2.75, 3.05) is 0 Å². The zero-order valence-electron chi connectivity index (χ0n) is 12.7. The van der Waals surface area contributed by atoms with Crippen LogP contribution in [0.3, 0.4) is 0 Å². The summed E-state index contributed by atoms with van der Waals surface area (Å²) in [5.74, 6) is -0.293. The van der Waals surface area contributed by atoms with E-state index in [1.54, 1.807) is 20.8 Å². The molecule has 0 saturated heterocycles. The van der Waals surface area contributed by atoms with Gasteiger partial charge in [-0.05, 0) is 58.1 Å². The van der Waals surface area contributed by atoms with Gasteiger partial charge in [0.05, 0.1) is 4.88 Å². The van der Waals surface area contributed by atoms with Gasteiger partial charge in [0.2, 0.25) is 0 Å². The van der Waals surface area contributed by atoms with Crippen LogP contribution in [0.1, 0.15) is 60.1 Å². The van der Waals surface area contributed by atoms with Gasteiger partial charge in [0.15, 0.2) is 0 Å². The molecule has 0 saturated carbocycles. The van der Waals surface area contributed by atoms with Crippen LogP contribution in [0.5, 0.6) is 0 Å². The van der Waals surface area contributed by atoms with E-state index < -0.39 is 11.7 Å². The lowest BCUT2D eigenvalue weighted by molar-refractivity contribution is 0.0484. The Morgan fingerprint density at radius 2 is 1.86 bits per heavy atom. The summed E-state index contributed by atoms with van der Waals surface area (Å²) < 4.78 is 5.06. The standard InChI is InChI=1S/C15H22N2O3S/c1-15(2,3)20-14(19)17-16-13(18)12-9-10-7-5-4-6-8-11(10)21-12/h9H,4-8H2,1-3H3,(H,16,18)(H,17,19). The first kappa shape index (κ1) is 15.8. The van der Waals surface area contributed by atoms with Gasteiger partial charge in [0.1, 0.15) is 5.60 Å². The zero-order valence-corrected chi connectivity index (χ0v) is 13.6. The molecule has 0 unspecified atom stereocenters. The van der Waals surface area contributed by atoms with Crippen molar-refractivity contribution in [3.63, 3.8) is 0 Å². The van der Waals surface area contributed by atoms with Gasteiger partial charge >= 0.3 is 6.09 Å². The van der Waals surface area contributed by atoms with E-state index in [-0.39, 0.29) is 5.91 Å². The normalized spacial score (nSPS) is 14.8. The average Bonchev–Trinajstić information content (AvgIpc) is 2.65. The lowest BCUT2D eigenvalue weighted by Crippen LogP contribution is -2.44. The molecule has 2 rings (SSSR count). The summed E-state index contributed by atoms with van der Waals surface area (Å²) in [4.78, 5) is 25.5. The van der Waals surface area contributed by atoms with Crippen LogP contribution in [0.25, 0.3) is 0 Å². The second kappa shape index (κ2) is 6.47. The lowest BCUT2D eigenvalue weighted by Gasteiger charge is -2.19. The second-order valence-corrected chi connectivity index (χ2v) is 7.34. The number of thiophene rings is 1. The van der Waals surface area contributed by atoms with E-state index in [4.69, 9.17) is 4.74 Å². The molecule has 0 fully saturated rings. The number of aryl methyl sites for hydroxylation is 2. The first-order valence-electron chi connectivity index (χ1n) is 7.26. The number of amides is 2. The average molecular weight is 310 g/mol. The molecule has 2 N–H and O–H groups in total. The molecule has 5 nitrogen and oxygen atoms in total. The molecule has 1 aliphatic rings. The van der Waals surface area contributed by atoms with Crippen molar-refractivity contribution in [1.29, 1.82) is 0 Å². The van der Waals surface area contributed by atoms with Crippen molar-refractivity contribution < 1.29 is 14.3 Å². The van der Waals surface area contributed by atoms with Crippen molar-refractivity contribution in [2.45, 2.75) is 58.5 Å². The van der Waals surface area contributed by atoms with Crippen LogP contribution in [0.4, 0.5) is 4.79 Å². The predicted octanol–water partition coefficient (Wildman–Crippen LogP) is 3.19. The number of fused-ring (bicyclic) bond motifs is 1. The third-order valence-electron chi connectivity index (χ3n) is 3.15. The fourth-order valence-corrected chi connectivity index (χ4v) is 3.40. The maximum Gasteiger partial charge on any atom is 0.426 e. The van der Waals surface area contributed by atoms with E-state index in [1.807, 2.05) is 6.07 Å². The highest BCUT2D eigenvalue weighted by Crippen LogP contribution is 2.28. The van der Waals surface area contributed by atoms with E-state index in [0.717, 1.165) is 12.8 Å². The third kappa shape index (κ3) is 4.74. The Labute approximate surface area is 129 Å². The molecule has 116 valence electrons. The Bertz CT molecular complexity index is 508. The van der Waals surface area contributed by atoms with Crippen molar-refractivity contribution >= 4 is 23.3 Å². The van der Waals surface area contributed by atoms with Gasteiger partial charge in [-0.25, -0.2) is 10.2 Å². The van der Waals surface area contributed by atoms with Gasteiger partial charge < -0.3 is 4.74 Å². The minimum Gasteiger partial charge on any atom is -0.443 e. The predicted molar refractivity (Wildman–Crippen MR) is 82.4 cm³/mol. The Morgan fingerprint density at radius 3 is 2.57 bits per heavy atom. The number of rotatable bonds is 1. The molecule has 1 aromatic heterocycles. The number of hydrogen-bond acceptors (Lipinski definition) is 4. The molecule has 2 amide bonds. The molecule has 6 heteroatoms. The van der Waals surface area contributed by atoms with Crippen LogP contribution in [-0.4, -0.2) is 17.6 Å². The van der Waals surface area contributed by atoms with E-state index in [9.17, 15) is 9.59 Å². The quantitative estimate of drug-likeness (QED) is 0.618. The van der Waals surface area contributed by atoms with Crippen molar-refractivity contribution in [3.8, 4) is 0 Å². The summed E-state index contributed by atoms with van der Waals surface area (Å²) in [6.07, 6.45) is 5.05. The van der Waals surface area contributed by atoms with Crippen LogP contribution in [-0.2, 0) is 17.6 Å². The van der Waals surface area contributed by atoms with Crippen LogP contribution < -0.4 is 10.9 Å². The lowest BCUT2D eigenvalue weighted by atomic mass is 10.1. The molecular formula is C15H22N2O3S. The van der Waals surface area contributed by atoms with E-state index in [1.165, 1.54) is 41.0 Å². The van der Waals surface area contributed by atoms with Gasteiger partial charge in [-0.3, -0.25) is 10.2 Å². The number of carbonyl (C=O) groups is 2. The molecule has 0 aliphatic heterocycles. The summed E-state index contributed by atoms with van der Waals surface area (Å²) in [5, 5.41) is 0. The van der Waals surface area contributed by atoms with Gasteiger partial charge in [0, 0.05) is 4.88 Å². The maximum atomic E-state index is 12.0. The summed E-state index contributed by atoms with van der Waals surface area (Å²) in [6, 6.07) is 1.94. The maximum absolute atomic E-state index is 12.0. The first-order valence-corrected chi connectivity index (χ1v) is 8.08. The number of hydrogen-bond donors (Lipinski definition) is 2. The number of hydrazine groups is 1. The molecule has 0 aromatic carbocycles. The summed E-state index contributed by atoms with van der Waals surface area (Å²) in [7, 11) is 0. The van der Waals surface area contributed by atoms with Gasteiger partial charge in [-0.2, -0.15) is 0 Å². The zero-order chi connectivity index (χ0) is 15.5. The van der Waals surface area contributed by atoms with Crippen LogP contribution in [0, 0.1) is 0 Å². The Balaban J connectivity index is 1.90. The highest BCUT2D eigenvalue weighted by molar-refractivity contribution is 7.14. The molecule has 21 heavy (non-hydrogen) atoms. The largest absolute Gasteiger partial charge is 0.443 e. The molecule has 1 heterocycles. The number of carbonyl (C=O) groups excluding carboxylic acids is 2. The number of nitrogens with one attached hydrogen (secondary N) is 2. The summed E-state index contributed by atoms with van der Waals surface area (Å²) >= 11 is 1.52. The minimum absolute atomic E-state index is 0.293. The Kier molecular flexibility index (Phi) is 4.88. The monoisotopic (exact) mass is 310 g/mol. The van der Waals surface area contributed by atoms with Gasteiger partial charge in [-0.1, -0.05) is 6.42 Å². The van der Waals surface area contributed by atoms with E-state index in [0.29, 0.717) is 4.88 Å².